The Morgan fingerprint density at radius 2 is 1.83 bits per heavy atom. The quantitative estimate of drug-likeness (QED) is 0.693. The molecule has 8 heteroatoms. The maximum atomic E-state index is 12.8. The van der Waals surface area contributed by atoms with Crippen LogP contribution in [0.2, 0.25) is 0 Å². The molecule has 3 heterocycles. The first kappa shape index (κ1) is 19.2. The van der Waals surface area contributed by atoms with Crippen LogP contribution >= 0.6 is 0 Å². The predicted octanol–water partition coefficient (Wildman–Crippen LogP) is 2.05. The van der Waals surface area contributed by atoms with Gasteiger partial charge >= 0.3 is 0 Å². The highest BCUT2D eigenvalue weighted by atomic mass is 16.1. The Hall–Kier alpha value is -3.10. The second kappa shape index (κ2) is 8.93. The first-order valence-electron chi connectivity index (χ1n) is 9.88. The zero-order valence-corrected chi connectivity index (χ0v) is 16.5. The van der Waals surface area contributed by atoms with E-state index in [0.29, 0.717) is 11.4 Å². The van der Waals surface area contributed by atoms with E-state index in [2.05, 4.69) is 49.2 Å². The average Bonchev–Trinajstić information content (AvgIpc) is 3.30. The van der Waals surface area contributed by atoms with Gasteiger partial charge in [-0.15, -0.1) is 0 Å². The van der Waals surface area contributed by atoms with Crippen LogP contribution in [0.15, 0.2) is 55.2 Å². The van der Waals surface area contributed by atoms with Crippen LogP contribution in [0, 0.1) is 0 Å². The summed E-state index contributed by atoms with van der Waals surface area (Å²) in [5.41, 5.74) is 2.44. The number of rotatable bonds is 6. The van der Waals surface area contributed by atoms with Gasteiger partial charge in [0.2, 0.25) is 0 Å². The second-order valence-corrected chi connectivity index (χ2v) is 7.08. The van der Waals surface area contributed by atoms with Gasteiger partial charge in [-0.2, -0.15) is 5.10 Å². The molecule has 1 aliphatic heterocycles. The smallest absolute Gasteiger partial charge is 0.259 e. The van der Waals surface area contributed by atoms with Crippen LogP contribution in [0.1, 0.15) is 22.8 Å². The summed E-state index contributed by atoms with van der Waals surface area (Å²) in [4.78, 5) is 25.9. The summed E-state index contributed by atoms with van der Waals surface area (Å²) in [7, 11) is 0. The van der Waals surface area contributed by atoms with Gasteiger partial charge in [0, 0.05) is 44.6 Å². The summed E-state index contributed by atoms with van der Waals surface area (Å²) in [6.07, 6.45) is 4.56. The number of aromatic nitrogens is 4. The minimum atomic E-state index is -0.230. The predicted molar refractivity (Wildman–Crippen MR) is 111 cm³/mol. The maximum absolute atomic E-state index is 12.8. The van der Waals surface area contributed by atoms with E-state index >= 15 is 0 Å². The lowest BCUT2D eigenvalue weighted by molar-refractivity contribution is 0.102. The van der Waals surface area contributed by atoms with E-state index < -0.39 is 0 Å². The number of nitrogens with zero attached hydrogens (tertiary/aromatic N) is 6. The van der Waals surface area contributed by atoms with E-state index in [1.807, 2.05) is 12.1 Å². The summed E-state index contributed by atoms with van der Waals surface area (Å²) >= 11 is 0. The van der Waals surface area contributed by atoms with Gasteiger partial charge in [0.1, 0.15) is 12.7 Å². The van der Waals surface area contributed by atoms with Crippen LogP contribution in [0.25, 0.3) is 5.82 Å². The van der Waals surface area contributed by atoms with E-state index in [1.165, 1.54) is 22.9 Å². The van der Waals surface area contributed by atoms with Crippen molar-refractivity contribution in [1.29, 1.82) is 0 Å². The Labute approximate surface area is 170 Å². The van der Waals surface area contributed by atoms with Crippen LogP contribution in [0.4, 0.5) is 5.69 Å². The van der Waals surface area contributed by atoms with Gasteiger partial charge in [-0.1, -0.05) is 19.1 Å². The third-order valence-electron chi connectivity index (χ3n) is 5.20. The van der Waals surface area contributed by atoms with Crippen molar-refractivity contribution in [2.75, 3.05) is 38.0 Å². The highest BCUT2D eigenvalue weighted by Gasteiger charge is 2.16. The number of carbonyl (C=O) groups excluding carboxylic acids is 1. The van der Waals surface area contributed by atoms with Crippen LogP contribution in [-0.4, -0.2) is 68.2 Å². The number of anilines is 1. The Bertz CT molecular complexity index is 932. The molecule has 29 heavy (non-hydrogen) atoms. The summed E-state index contributed by atoms with van der Waals surface area (Å²) in [5.74, 6) is 0.220. The second-order valence-electron chi connectivity index (χ2n) is 7.08. The first-order valence-corrected chi connectivity index (χ1v) is 9.88. The number of nitrogens with one attached hydrogen (secondary N) is 1. The Balaban J connectivity index is 1.39. The molecule has 0 atom stereocenters. The largest absolute Gasteiger partial charge is 0.322 e. The van der Waals surface area contributed by atoms with Gasteiger partial charge in [0.25, 0.3) is 5.91 Å². The molecular weight excluding hydrogens is 366 g/mol. The number of hydrogen-bond acceptors (Lipinski definition) is 6. The Kier molecular flexibility index (Phi) is 5.92. The summed E-state index contributed by atoms with van der Waals surface area (Å²) in [5, 5.41) is 7.01. The van der Waals surface area contributed by atoms with Crippen molar-refractivity contribution in [3.8, 4) is 5.82 Å². The summed E-state index contributed by atoms with van der Waals surface area (Å²) in [6, 6.07) is 11.5. The highest BCUT2D eigenvalue weighted by Crippen LogP contribution is 2.16. The summed E-state index contributed by atoms with van der Waals surface area (Å²) in [6.45, 7) is 8.72. The minimum Gasteiger partial charge on any atom is -0.322 e. The van der Waals surface area contributed by atoms with Gasteiger partial charge in [-0.25, -0.2) is 14.6 Å². The SMILES string of the molecule is CCN1CCN(Cc2ccc(NC(=O)c3cccnc3-n3cncn3)cc2)CC1. The number of likely N-dealkylation sites (N-methyl/N-ethyl adjacent to an activating group) is 1. The molecule has 0 aliphatic carbocycles. The third kappa shape index (κ3) is 4.67. The fourth-order valence-electron chi connectivity index (χ4n) is 3.49. The van der Waals surface area contributed by atoms with E-state index in [1.54, 1.807) is 18.3 Å². The molecule has 4 rings (SSSR count). The van der Waals surface area contributed by atoms with E-state index in [4.69, 9.17) is 0 Å². The molecule has 0 unspecified atom stereocenters. The lowest BCUT2D eigenvalue weighted by Gasteiger charge is -2.34. The molecule has 0 radical (unpaired) electrons. The zero-order chi connectivity index (χ0) is 20.1. The van der Waals surface area contributed by atoms with Gasteiger partial charge < -0.3 is 10.2 Å². The molecule has 2 aromatic heterocycles. The molecule has 0 bridgehead atoms. The van der Waals surface area contributed by atoms with Crippen LogP contribution in [0.3, 0.4) is 0 Å². The standard InChI is InChI=1S/C21H25N7O/c1-2-26-10-12-27(13-11-26)14-17-5-7-18(8-6-17)25-21(29)19-4-3-9-23-20(19)28-16-22-15-24-28/h3-9,15-16H,2,10-14H2,1H3,(H,25,29). The van der Waals surface area contributed by atoms with Crippen LogP contribution in [0.5, 0.6) is 0 Å². The number of amides is 1. The van der Waals surface area contributed by atoms with Gasteiger partial charge in [0.15, 0.2) is 5.82 Å². The topological polar surface area (TPSA) is 79.2 Å². The van der Waals surface area contributed by atoms with Crippen molar-refractivity contribution in [3.05, 3.63) is 66.4 Å². The fraction of sp³-hybridized carbons (Fsp3) is 0.333. The van der Waals surface area contributed by atoms with Crippen molar-refractivity contribution in [2.24, 2.45) is 0 Å². The molecular formula is C21H25N7O. The number of benzene rings is 1. The molecule has 1 aromatic carbocycles. The maximum Gasteiger partial charge on any atom is 0.259 e. The molecule has 1 aliphatic rings. The molecule has 0 saturated carbocycles. The summed E-state index contributed by atoms with van der Waals surface area (Å²) < 4.78 is 1.48. The normalized spacial score (nSPS) is 15.3. The van der Waals surface area contributed by atoms with Gasteiger partial charge in [0.05, 0.1) is 5.56 Å². The molecule has 1 N–H and O–H groups in total. The minimum absolute atomic E-state index is 0.230. The average molecular weight is 391 g/mol. The monoisotopic (exact) mass is 391 g/mol. The molecule has 1 fully saturated rings. The highest BCUT2D eigenvalue weighted by molar-refractivity contribution is 6.06. The van der Waals surface area contributed by atoms with Crippen LogP contribution in [-0.2, 0) is 6.54 Å². The van der Waals surface area contributed by atoms with Crippen molar-refractivity contribution in [1.82, 2.24) is 29.5 Å². The van der Waals surface area contributed by atoms with Gasteiger partial charge in [-0.3, -0.25) is 9.69 Å². The molecule has 150 valence electrons. The lowest BCUT2D eigenvalue weighted by atomic mass is 10.1. The molecule has 8 nitrogen and oxygen atoms in total. The van der Waals surface area contributed by atoms with E-state index in [0.717, 1.165) is 45.0 Å². The number of carbonyl (C=O) groups is 1. The first-order chi connectivity index (χ1) is 14.2. The number of piperazine rings is 1. The third-order valence-corrected chi connectivity index (χ3v) is 5.20. The van der Waals surface area contributed by atoms with Crippen LogP contribution < -0.4 is 5.32 Å². The van der Waals surface area contributed by atoms with Crippen molar-refractivity contribution >= 4 is 11.6 Å². The van der Waals surface area contributed by atoms with Gasteiger partial charge in [-0.05, 0) is 36.4 Å². The molecule has 1 amide bonds. The Morgan fingerprint density at radius 1 is 1.07 bits per heavy atom. The zero-order valence-electron chi connectivity index (χ0n) is 16.5. The lowest BCUT2D eigenvalue weighted by Crippen LogP contribution is -2.45. The molecule has 0 spiro atoms. The molecule has 1 saturated heterocycles. The number of hydrogen-bond donors (Lipinski definition) is 1. The van der Waals surface area contributed by atoms with Crippen molar-refractivity contribution < 1.29 is 4.79 Å². The Morgan fingerprint density at radius 3 is 2.52 bits per heavy atom. The number of pyridine rings is 1. The van der Waals surface area contributed by atoms with E-state index in [-0.39, 0.29) is 5.91 Å². The van der Waals surface area contributed by atoms with Crippen molar-refractivity contribution in [2.45, 2.75) is 13.5 Å². The molecule has 3 aromatic rings. The van der Waals surface area contributed by atoms with E-state index in [9.17, 15) is 4.79 Å². The fourth-order valence-corrected chi connectivity index (χ4v) is 3.49. The van der Waals surface area contributed by atoms with Crippen molar-refractivity contribution in [3.63, 3.8) is 0 Å².